The predicted octanol–water partition coefficient (Wildman–Crippen LogP) is 1.77. The van der Waals surface area contributed by atoms with Crippen LogP contribution in [0.25, 0.3) is 0 Å². The van der Waals surface area contributed by atoms with Crippen LogP contribution < -0.4 is 14.8 Å². The first-order chi connectivity index (χ1) is 8.05. The molecule has 0 saturated heterocycles. The summed E-state index contributed by atoms with van der Waals surface area (Å²) in [6.45, 7) is 3.48. The molecule has 0 aliphatic rings. The van der Waals surface area contributed by atoms with Crippen LogP contribution >= 0.6 is 0 Å². The van der Waals surface area contributed by atoms with Crippen molar-refractivity contribution in [3.63, 3.8) is 0 Å². The standard InChI is InChI=1S/C13H19NO3/c1-9(14-10(2)15)5-11-6-12(16-3)8-13(7-11)17-4/h6-9H,5H2,1-4H3,(H,14,15)/t9-/m0/s1. The molecule has 1 rings (SSSR count). The average molecular weight is 237 g/mol. The van der Waals surface area contributed by atoms with Crippen LogP contribution in [0.4, 0.5) is 0 Å². The van der Waals surface area contributed by atoms with E-state index in [4.69, 9.17) is 9.47 Å². The van der Waals surface area contributed by atoms with Crippen LogP contribution in [0.15, 0.2) is 18.2 Å². The fourth-order valence-electron chi connectivity index (χ4n) is 1.74. The molecule has 1 aromatic carbocycles. The SMILES string of the molecule is COc1cc(C[C@H](C)NC(C)=O)cc(OC)c1. The Kier molecular flexibility index (Phi) is 4.82. The van der Waals surface area contributed by atoms with Gasteiger partial charge in [0.2, 0.25) is 5.91 Å². The van der Waals surface area contributed by atoms with Gasteiger partial charge in [-0.3, -0.25) is 4.79 Å². The number of rotatable bonds is 5. The van der Waals surface area contributed by atoms with E-state index in [1.165, 1.54) is 6.92 Å². The fraction of sp³-hybridized carbons (Fsp3) is 0.462. The van der Waals surface area contributed by atoms with E-state index in [1.807, 2.05) is 25.1 Å². The molecule has 0 radical (unpaired) electrons. The van der Waals surface area contributed by atoms with E-state index in [1.54, 1.807) is 14.2 Å². The maximum atomic E-state index is 10.9. The third-order valence-corrected chi connectivity index (χ3v) is 2.40. The Morgan fingerprint density at radius 2 is 1.76 bits per heavy atom. The van der Waals surface area contributed by atoms with E-state index in [0.717, 1.165) is 23.5 Å². The molecule has 1 atom stereocenters. The van der Waals surface area contributed by atoms with Crippen LogP contribution in [0.3, 0.4) is 0 Å². The van der Waals surface area contributed by atoms with Gasteiger partial charge in [-0.05, 0) is 31.0 Å². The molecule has 0 aliphatic carbocycles. The molecule has 17 heavy (non-hydrogen) atoms. The molecule has 0 aliphatic heterocycles. The molecule has 0 bridgehead atoms. The van der Waals surface area contributed by atoms with E-state index in [9.17, 15) is 4.79 Å². The zero-order valence-corrected chi connectivity index (χ0v) is 10.7. The third-order valence-electron chi connectivity index (χ3n) is 2.40. The molecule has 1 aromatic rings. The lowest BCUT2D eigenvalue weighted by Gasteiger charge is -2.14. The molecule has 0 heterocycles. The lowest BCUT2D eigenvalue weighted by atomic mass is 10.1. The fourth-order valence-corrected chi connectivity index (χ4v) is 1.74. The summed E-state index contributed by atoms with van der Waals surface area (Å²) in [5.41, 5.74) is 1.07. The normalized spacial score (nSPS) is 11.8. The molecule has 1 amide bonds. The molecule has 0 saturated carbocycles. The van der Waals surface area contributed by atoms with E-state index in [2.05, 4.69) is 5.32 Å². The lowest BCUT2D eigenvalue weighted by Crippen LogP contribution is -2.32. The summed E-state index contributed by atoms with van der Waals surface area (Å²) in [6, 6.07) is 5.80. The number of nitrogens with one attached hydrogen (secondary N) is 1. The number of ether oxygens (including phenoxy) is 2. The molecule has 0 unspecified atom stereocenters. The Balaban J connectivity index is 2.79. The Hall–Kier alpha value is -1.71. The van der Waals surface area contributed by atoms with Crippen molar-refractivity contribution >= 4 is 5.91 Å². The second-order valence-electron chi connectivity index (χ2n) is 4.03. The van der Waals surface area contributed by atoms with Gasteiger partial charge in [-0.25, -0.2) is 0 Å². The van der Waals surface area contributed by atoms with Crippen LogP contribution in [-0.2, 0) is 11.2 Å². The first-order valence-corrected chi connectivity index (χ1v) is 5.54. The van der Waals surface area contributed by atoms with Crippen LogP contribution in [0.1, 0.15) is 19.4 Å². The minimum absolute atomic E-state index is 0.0210. The summed E-state index contributed by atoms with van der Waals surface area (Å²) in [6.07, 6.45) is 0.743. The average Bonchev–Trinajstić information content (AvgIpc) is 2.27. The predicted molar refractivity (Wildman–Crippen MR) is 66.5 cm³/mol. The monoisotopic (exact) mass is 237 g/mol. The minimum atomic E-state index is -0.0210. The highest BCUT2D eigenvalue weighted by Crippen LogP contribution is 2.23. The van der Waals surface area contributed by atoms with Gasteiger partial charge in [-0.15, -0.1) is 0 Å². The van der Waals surface area contributed by atoms with Gasteiger partial charge in [0.15, 0.2) is 0 Å². The summed E-state index contributed by atoms with van der Waals surface area (Å²) >= 11 is 0. The molecule has 4 nitrogen and oxygen atoms in total. The Morgan fingerprint density at radius 1 is 1.24 bits per heavy atom. The number of carbonyl (C=O) groups is 1. The van der Waals surface area contributed by atoms with E-state index < -0.39 is 0 Å². The second kappa shape index (κ2) is 6.13. The van der Waals surface area contributed by atoms with Gasteiger partial charge in [-0.2, -0.15) is 0 Å². The van der Waals surface area contributed by atoms with Crippen molar-refractivity contribution < 1.29 is 14.3 Å². The zero-order chi connectivity index (χ0) is 12.8. The maximum absolute atomic E-state index is 10.9. The molecule has 0 spiro atoms. The molecule has 0 fully saturated rings. The molecule has 4 heteroatoms. The van der Waals surface area contributed by atoms with Crippen LogP contribution in [0.5, 0.6) is 11.5 Å². The highest BCUT2D eigenvalue weighted by molar-refractivity contribution is 5.73. The van der Waals surface area contributed by atoms with Gasteiger partial charge in [0.1, 0.15) is 11.5 Å². The first-order valence-electron chi connectivity index (χ1n) is 5.54. The van der Waals surface area contributed by atoms with Crippen molar-refractivity contribution in [1.29, 1.82) is 0 Å². The summed E-state index contributed by atoms with van der Waals surface area (Å²) in [5, 5.41) is 2.85. The van der Waals surface area contributed by atoms with Crippen LogP contribution in [0, 0.1) is 0 Å². The van der Waals surface area contributed by atoms with Gasteiger partial charge >= 0.3 is 0 Å². The van der Waals surface area contributed by atoms with E-state index in [-0.39, 0.29) is 11.9 Å². The molecule has 94 valence electrons. The quantitative estimate of drug-likeness (QED) is 0.849. The number of hydrogen-bond acceptors (Lipinski definition) is 3. The minimum Gasteiger partial charge on any atom is -0.497 e. The van der Waals surface area contributed by atoms with Crippen molar-refractivity contribution in [3.8, 4) is 11.5 Å². The van der Waals surface area contributed by atoms with Crippen molar-refractivity contribution in [2.45, 2.75) is 26.3 Å². The zero-order valence-electron chi connectivity index (χ0n) is 10.7. The lowest BCUT2D eigenvalue weighted by molar-refractivity contribution is -0.119. The maximum Gasteiger partial charge on any atom is 0.217 e. The molecule has 1 N–H and O–H groups in total. The Morgan fingerprint density at radius 3 is 2.18 bits per heavy atom. The number of methoxy groups -OCH3 is 2. The summed E-state index contributed by atoms with van der Waals surface area (Å²) in [4.78, 5) is 10.9. The van der Waals surface area contributed by atoms with Crippen molar-refractivity contribution in [2.75, 3.05) is 14.2 Å². The second-order valence-corrected chi connectivity index (χ2v) is 4.03. The van der Waals surface area contributed by atoms with Gasteiger partial charge < -0.3 is 14.8 Å². The van der Waals surface area contributed by atoms with Gasteiger partial charge in [0.05, 0.1) is 14.2 Å². The highest BCUT2D eigenvalue weighted by atomic mass is 16.5. The number of carbonyl (C=O) groups excluding carboxylic acids is 1. The molecular formula is C13H19NO3. The smallest absolute Gasteiger partial charge is 0.217 e. The van der Waals surface area contributed by atoms with Crippen molar-refractivity contribution in [3.05, 3.63) is 23.8 Å². The van der Waals surface area contributed by atoms with Crippen LogP contribution in [-0.4, -0.2) is 26.2 Å². The van der Waals surface area contributed by atoms with Crippen molar-refractivity contribution in [1.82, 2.24) is 5.32 Å². The number of amides is 1. The van der Waals surface area contributed by atoms with Gasteiger partial charge in [-0.1, -0.05) is 0 Å². The summed E-state index contributed by atoms with van der Waals surface area (Å²) < 4.78 is 10.4. The number of hydrogen-bond donors (Lipinski definition) is 1. The molecular weight excluding hydrogens is 218 g/mol. The van der Waals surface area contributed by atoms with Gasteiger partial charge in [0.25, 0.3) is 0 Å². The Bertz CT molecular complexity index is 368. The first kappa shape index (κ1) is 13.4. The topological polar surface area (TPSA) is 47.6 Å². The highest BCUT2D eigenvalue weighted by Gasteiger charge is 2.07. The van der Waals surface area contributed by atoms with Crippen molar-refractivity contribution in [2.24, 2.45) is 0 Å². The third kappa shape index (κ3) is 4.34. The van der Waals surface area contributed by atoms with E-state index in [0.29, 0.717) is 0 Å². The largest absolute Gasteiger partial charge is 0.497 e. The van der Waals surface area contributed by atoms with Crippen LogP contribution in [0.2, 0.25) is 0 Å². The summed E-state index contributed by atoms with van der Waals surface area (Å²) in [5.74, 6) is 1.50. The molecule has 0 aromatic heterocycles. The van der Waals surface area contributed by atoms with Gasteiger partial charge in [0, 0.05) is 19.0 Å². The number of benzene rings is 1. The summed E-state index contributed by atoms with van der Waals surface area (Å²) in [7, 11) is 3.24. The Labute approximate surface area is 102 Å². The van der Waals surface area contributed by atoms with E-state index >= 15 is 0 Å².